The van der Waals surface area contributed by atoms with Gasteiger partial charge in [0.2, 0.25) is 0 Å². The molecule has 3 rings (SSSR count). The maximum Gasteiger partial charge on any atom is 0.335 e. The molecule has 0 unspecified atom stereocenters. The Balaban J connectivity index is 1.68. The summed E-state index contributed by atoms with van der Waals surface area (Å²) in [5.41, 5.74) is 1.36. The largest absolute Gasteiger partial charge is 0.481 e. The van der Waals surface area contributed by atoms with Crippen molar-refractivity contribution in [2.45, 2.75) is 24.8 Å². The Morgan fingerprint density at radius 1 is 0.920 bits per heavy atom. The lowest BCUT2D eigenvalue weighted by atomic mass is 9.73. The van der Waals surface area contributed by atoms with E-state index in [4.69, 9.17) is 5.11 Å². The second-order valence-electron chi connectivity index (χ2n) is 6.53. The Hall–Kier alpha value is -2.66. The van der Waals surface area contributed by atoms with Crippen LogP contribution >= 0.6 is 0 Å². The summed E-state index contributed by atoms with van der Waals surface area (Å²) in [5, 5.41) is 18.8. The summed E-state index contributed by atoms with van der Waals surface area (Å²) in [4.78, 5) is 25.1. The number of benzene rings is 2. The van der Waals surface area contributed by atoms with Gasteiger partial charge < -0.3 is 10.2 Å². The standard InChI is InChI=1S/C20H21NO4/c22-18(23)16-8-6-15(7-9-16)14-21-12-10-20(11-13-21,19(24)25)17-4-2-1-3-5-17/h1-9H,10-14H2,(H,22,23)(H,24,25). The highest BCUT2D eigenvalue weighted by molar-refractivity contribution is 5.87. The van der Waals surface area contributed by atoms with Gasteiger partial charge in [-0.05, 0) is 49.2 Å². The van der Waals surface area contributed by atoms with E-state index in [0.717, 1.165) is 11.1 Å². The molecule has 0 spiro atoms. The molecule has 1 heterocycles. The van der Waals surface area contributed by atoms with Crippen LogP contribution in [-0.2, 0) is 16.8 Å². The fourth-order valence-electron chi connectivity index (χ4n) is 3.49. The number of rotatable bonds is 5. The van der Waals surface area contributed by atoms with Gasteiger partial charge in [0.15, 0.2) is 0 Å². The minimum atomic E-state index is -0.932. The van der Waals surface area contributed by atoms with Crippen LogP contribution in [0.1, 0.15) is 34.3 Å². The zero-order chi connectivity index (χ0) is 17.9. The lowest BCUT2D eigenvalue weighted by molar-refractivity contribution is -0.146. The minimum absolute atomic E-state index is 0.274. The highest BCUT2D eigenvalue weighted by Gasteiger charge is 2.42. The van der Waals surface area contributed by atoms with Crippen molar-refractivity contribution in [1.29, 1.82) is 0 Å². The SMILES string of the molecule is O=C(O)c1ccc(CN2CCC(C(=O)O)(c3ccccc3)CC2)cc1. The number of aliphatic carboxylic acids is 1. The van der Waals surface area contributed by atoms with Crippen molar-refractivity contribution in [1.82, 2.24) is 4.90 Å². The van der Waals surface area contributed by atoms with E-state index < -0.39 is 17.4 Å². The number of aromatic carboxylic acids is 1. The molecule has 2 aromatic carbocycles. The van der Waals surface area contributed by atoms with Gasteiger partial charge in [0.05, 0.1) is 11.0 Å². The van der Waals surface area contributed by atoms with Crippen molar-refractivity contribution in [2.75, 3.05) is 13.1 Å². The van der Waals surface area contributed by atoms with Gasteiger partial charge in [-0.15, -0.1) is 0 Å². The maximum absolute atomic E-state index is 12.0. The number of hydrogen-bond donors (Lipinski definition) is 2. The Morgan fingerprint density at radius 3 is 2.04 bits per heavy atom. The van der Waals surface area contributed by atoms with Crippen LogP contribution in [0.15, 0.2) is 54.6 Å². The summed E-state index contributed by atoms with van der Waals surface area (Å²) in [6.45, 7) is 2.09. The van der Waals surface area contributed by atoms with Gasteiger partial charge in [-0.1, -0.05) is 42.5 Å². The topological polar surface area (TPSA) is 77.8 Å². The second kappa shape index (κ2) is 7.07. The van der Waals surface area contributed by atoms with Crippen LogP contribution in [0.3, 0.4) is 0 Å². The van der Waals surface area contributed by atoms with Gasteiger partial charge >= 0.3 is 11.9 Å². The highest BCUT2D eigenvalue weighted by atomic mass is 16.4. The van der Waals surface area contributed by atoms with Crippen molar-refractivity contribution in [2.24, 2.45) is 0 Å². The Bertz CT molecular complexity index is 747. The number of carbonyl (C=O) groups is 2. The molecule has 1 aliphatic rings. The van der Waals surface area contributed by atoms with Gasteiger partial charge in [-0.3, -0.25) is 9.69 Å². The Morgan fingerprint density at radius 2 is 1.52 bits per heavy atom. The molecule has 25 heavy (non-hydrogen) atoms. The molecule has 0 aliphatic carbocycles. The first kappa shape index (κ1) is 17.2. The number of hydrogen-bond acceptors (Lipinski definition) is 3. The van der Waals surface area contributed by atoms with E-state index in [9.17, 15) is 14.7 Å². The molecule has 0 saturated carbocycles. The third-order valence-electron chi connectivity index (χ3n) is 5.05. The highest BCUT2D eigenvalue weighted by Crippen LogP contribution is 2.36. The zero-order valence-electron chi connectivity index (χ0n) is 13.9. The third-order valence-corrected chi connectivity index (χ3v) is 5.05. The van der Waals surface area contributed by atoms with Crippen LogP contribution in [-0.4, -0.2) is 40.1 Å². The number of nitrogens with zero attached hydrogens (tertiary/aromatic N) is 1. The van der Waals surface area contributed by atoms with E-state index in [1.54, 1.807) is 12.1 Å². The van der Waals surface area contributed by atoms with E-state index in [1.165, 1.54) is 0 Å². The van der Waals surface area contributed by atoms with Crippen molar-refractivity contribution in [3.8, 4) is 0 Å². The quantitative estimate of drug-likeness (QED) is 0.875. The van der Waals surface area contributed by atoms with Crippen LogP contribution in [0.4, 0.5) is 0 Å². The van der Waals surface area contributed by atoms with E-state index in [2.05, 4.69) is 4.90 Å². The summed E-state index contributed by atoms with van der Waals surface area (Å²) >= 11 is 0. The molecular formula is C20H21NO4. The summed E-state index contributed by atoms with van der Waals surface area (Å²) in [7, 11) is 0. The molecule has 0 atom stereocenters. The molecule has 1 saturated heterocycles. The van der Waals surface area contributed by atoms with Crippen molar-refractivity contribution < 1.29 is 19.8 Å². The molecule has 1 aliphatic heterocycles. The zero-order valence-corrected chi connectivity index (χ0v) is 13.9. The molecule has 1 fully saturated rings. The lowest BCUT2D eigenvalue weighted by Gasteiger charge is -2.39. The monoisotopic (exact) mass is 339 g/mol. The number of likely N-dealkylation sites (tertiary alicyclic amines) is 1. The molecule has 2 N–H and O–H groups in total. The second-order valence-corrected chi connectivity index (χ2v) is 6.53. The predicted octanol–water partition coefficient (Wildman–Crippen LogP) is 3.00. The van der Waals surface area contributed by atoms with Crippen molar-refractivity contribution in [3.63, 3.8) is 0 Å². The lowest BCUT2D eigenvalue weighted by Crippen LogP contribution is -2.47. The Kier molecular flexibility index (Phi) is 4.86. The smallest absolute Gasteiger partial charge is 0.335 e. The van der Waals surface area contributed by atoms with Gasteiger partial charge in [0, 0.05) is 6.54 Å². The fourth-order valence-corrected chi connectivity index (χ4v) is 3.49. The first-order chi connectivity index (χ1) is 12.0. The molecule has 0 amide bonds. The molecule has 0 bridgehead atoms. The molecule has 5 nitrogen and oxygen atoms in total. The number of piperidine rings is 1. The molecule has 0 radical (unpaired) electrons. The summed E-state index contributed by atoms with van der Waals surface area (Å²) in [5.74, 6) is -1.69. The van der Waals surface area contributed by atoms with Crippen molar-refractivity contribution >= 4 is 11.9 Å². The molecule has 0 aromatic heterocycles. The van der Waals surface area contributed by atoms with Crippen LogP contribution in [0.25, 0.3) is 0 Å². The first-order valence-electron chi connectivity index (χ1n) is 8.35. The normalized spacial score (nSPS) is 17.1. The van der Waals surface area contributed by atoms with Crippen LogP contribution in [0.5, 0.6) is 0 Å². The van der Waals surface area contributed by atoms with Gasteiger partial charge in [-0.25, -0.2) is 4.79 Å². The molecule has 2 aromatic rings. The van der Waals surface area contributed by atoms with Crippen LogP contribution < -0.4 is 0 Å². The summed E-state index contributed by atoms with van der Waals surface area (Å²) in [6.07, 6.45) is 1.14. The van der Waals surface area contributed by atoms with Gasteiger partial charge in [-0.2, -0.15) is 0 Å². The van der Waals surface area contributed by atoms with Gasteiger partial charge in [0.1, 0.15) is 0 Å². The van der Waals surface area contributed by atoms with Crippen LogP contribution in [0, 0.1) is 0 Å². The minimum Gasteiger partial charge on any atom is -0.481 e. The van der Waals surface area contributed by atoms with E-state index >= 15 is 0 Å². The van der Waals surface area contributed by atoms with E-state index in [-0.39, 0.29) is 5.56 Å². The van der Waals surface area contributed by atoms with Crippen molar-refractivity contribution in [3.05, 3.63) is 71.3 Å². The molecular weight excluding hydrogens is 318 g/mol. The molecule has 5 heteroatoms. The average molecular weight is 339 g/mol. The molecule has 130 valence electrons. The van der Waals surface area contributed by atoms with E-state index in [1.807, 2.05) is 42.5 Å². The summed E-state index contributed by atoms with van der Waals surface area (Å²) < 4.78 is 0. The van der Waals surface area contributed by atoms with Crippen LogP contribution in [0.2, 0.25) is 0 Å². The maximum atomic E-state index is 12.0. The predicted molar refractivity (Wildman–Crippen MR) is 93.7 cm³/mol. The number of carboxylic acid groups (broad SMARTS) is 2. The van der Waals surface area contributed by atoms with Gasteiger partial charge in [0.25, 0.3) is 0 Å². The average Bonchev–Trinajstić information content (AvgIpc) is 2.63. The fraction of sp³-hybridized carbons (Fsp3) is 0.300. The Labute approximate surface area is 146 Å². The number of carboxylic acids is 2. The summed E-state index contributed by atoms with van der Waals surface area (Å²) in [6, 6.07) is 16.3. The van der Waals surface area contributed by atoms with E-state index in [0.29, 0.717) is 32.5 Å². The first-order valence-corrected chi connectivity index (χ1v) is 8.35. The third kappa shape index (κ3) is 3.56.